The van der Waals surface area contributed by atoms with E-state index in [-0.39, 0.29) is 11.5 Å². The van der Waals surface area contributed by atoms with Gasteiger partial charge in [-0.2, -0.15) is 5.10 Å². The van der Waals surface area contributed by atoms with Crippen LogP contribution in [0.3, 0.4) is 0 Å². The highest BCUT2D eigenvalue weighted by Gasteiger charge is 2.31. The highest BCUT2D eigenvalue weighted by atomic mass is 16.1. The molecule has 0 saturated carbocycles. The van der Waals surface area contributed by atoms with Crippen molar-refractivity contribution in [2.45, 2.75) is 57.4 Å². The van der Waals surface area contributed by atoms with Gasteiger partial charge in [-0.05, 0) is 56.2 Å². The first-order valence-corrected chi connectivity index (χ1v) is 9.77. The first-order chi connectivity index (χ1) is 12.9. The fourth-order valence-electron chi connectivity index (χ4n) is 3.90. The van der Waals surface area contributed by atoms with E-state index in [1.807, 2.05) is 14.0 Å². The van der Waals surface area contributed by atoms with Crippen molar-refractivity contribution in [1.29, 1.82) is 0 Å². The van der Waals surface area contributed by atoms with Gasteiger partial charge in [0.15, 0.2) is 0 Å². The number of aldehydes is 1. The third-order valence-electron chi connectivity index (χ3n) is 5.82. The minimum absolute atomic E-state index is 0.268. The van der Waals surface area contributed by atoms with E-state index in [1.165, 1.54) is 5.56 Å². The van der Waals surface area contributed by atoms with E-state index in [0.29, 0.717) is 0 Å². The number of benzene rings is 1. The minimum atomic E-state index is -0.300. The van der Waals surface area contributed by atoms with Crippen molar-refractivity contribution in [2.24, 2.45) is 12.8 Å². The lowest BCUT2D eigenvalue weighted by atomic mass is 9.77. The molecular weight excluding hydrogens is 338 g/mol. The second-order valence-electron chi connectivity index (χ2n) is 7.88. The van der Waals surface area contributed by atoms with Gasteiger partial charge in [-0.3, -0.25) is 4.68 Å². The van der Waals surface area contributed by atoms with E-state index in [1.54, 1.807) is 4.68 Å². The zero-order chi connectivity index (χ0) is 19.6. The Balaban J connectivity index is 0.000000159. The molecule has 4 rings (SSSR count). The molecule has 2 aliphatic rings. The number of nitrogens with one attached hydrogen (secondary N) is 1. The first kappa shape index (κ1) is 19.4. The maximum Gasteiger partial charge on any atom is 0.130 e. The van der Waals surface area contributed by atoms with Gasteiger partial charge in [0, 0.05) is 30.9 Å². The maximum atomic E-state index is 11.2. The van der Waals surface area contributed by atoms with E-state index in [0.717, 1.165) is 73.3 Å². The van der Waals surface area contributed by atoms with E-state index in [4.69, 9.17) is 11.5 Å². The number of nitrogen functional groups attached to an aromatic ring is 1. The monoisotopic (exact) mass is 369 g/mol. The number of anilines is 2. The number of nitrogens with zero attached hydrogens (tertiary/aromatic N) is 2. The van der Waals surface area contributed by atoms with Crippen LogP contribution in [0.5, 0.6) is 0 Å². The van der Waals surface area contributed by atoms with Crippen LogP contribution < -0.4 is 16.8 Å². The average molecular weight is 370 g/mol. The van der Waals surface area contributed by atoms with Gasteiger partial charge in [-0.1, -0.05) is 19.1 Å². The van der Waals surface area contributed by atoms with Crippen molar-refractivity contribution < 1.29 is 4.79 Å². The summed E-state index contributed by atoms with van der Waals surface area (Å²) in [5.74, 6) is 0.778. The average Bonchev–Trinajstić information content (AvgIpc) is 2.96. The molecule has 2 aromatic rings. The van der Waals surface area contributed by atoms with Gasteiger partial charge < -0.3 is 21.6 Å². The molecule has 1 aliphatic heterocycles. The van der Waals surface area contributed by atoms with Crippen LogP contribution in [-0.4, -0.2) is 28.7 Å². The molecule has 5 N–H and O–H groups in total. The number of carbonyl (C=O) groups is 1. The Kier molecular flexibility index (Phi) is 5.56. The SMILES string of the molecule is CCc1ccc2c(c1)C(C)(C=O)CCN2.Cn1nc2c(c1N)CC(N)CC2. The van der Waals surface area contributed by atoms with Crippen molar-refractivity contribution in [2.75, 3.05) is 17.6 Å². The van der Waals surface area contributed by atoms with Gasteiger partial charge in [-0.15, -0.1) is 0 Å². The second kappa shape index (κ2) is 7.72. The fraction of sp³-hybridized carbons (Fsp3) is 0.524. The molecule has 1 aromatic carbocycles. The van der Waals surface area contributed by atoms with E-state index >= 15 is 0 Å². The number of rotatable bonds is 2. The van der Waals surface area contributed by atoms with Crippen LogP contribution in [0.15, 0.2) is 18.2 Å². The first-order valence-electron chi connectivity index (χ1n) is 9.77. The largest absolute Gasteiger partial charge is 0.385 e. The Hall–Kier alpha value is -2.34. The molecule has 2 atom stereocenters. The lowest BCUT2D eigenvalue weighted by molar-refractivity contribution is -0.112. The van der Waals surface area contributed by atoms with Crippen LogP contribution in [0.1, 0.15) is 49.1 Å². The van der Waals surface area contributed by atoms with Gasteiger partial charge in [0.1, 0.15) is 12.1 Å². The molecule has 1 aromatic heterocycles. The van der Waals surface area contributed by atoms with E-state index < -0.39 is 0 Å². The fourth-order valence-corrected chi connectivity index (χ4v) is 3.90. The molecule has 2 unspecified atom stereocenters. The molecule has 0 bridgehead atoms. The molecule has 2 heterocycles. The van der Waals surface area contributed by atoms with Gasteiger partial charge in [-0.25, -0.2) is 0 Å². The molecule has 0 radical (unpaired) electrons. The smallest absolute Gasteiger partial charge is 0.130 e. The second-order valence-corrected chi connectivity index (χ2v) is 7.88. The number of aromatic nitrogens is 2. The van der Waals surface area contributed by atoms with Crippen LogP contribution in [0.25, 0.3) is 0 Å². The quantitative estimate of drug-likeness (QED) is 0.706. The van der Waals surface area contributed by atoms with Crippen molar-refractivity contribution in [3.8, 4) is 0 Å². The van der Waals surface area contributed by atoms with Gasteiger partial charge >= 0.3 is 0 Å². The predicted molar refractivity (Wildman–Crippen MR) is 110 cm³/mol. The summed E-state index contributed by atoms with van der Waals surface area (Å²) in [6.07, 6.45) is 5.88. The highest BCUT2D eigenvalue weighted by Crippen LogP contribution is 2.36. The maximum absolute atomic E-state index is 11.2. The summed E-state index contributed by atoms with van der Waals surface area (Å²) in [4.78, 5) is 11.2. The summed E-state index contributed by atoms with van der Waals surface area (Å²) in [7, 11) is 1.87. The summed E-state index contributed by atoms with van der Waals surface area (Å²) in [6, 6.07) is 6.65. The topological polar surface area (TPSA) is 99.0 Å². The molecule has 0 amide bonds. The summed E-state index contributed by atoms with van der Waals surface area (Å²) in [6.45, 7) is 5.04. The Bertz CT molecular complexity index is 828. The Morgan fingerprint density at radius 3 is 2.93 bits per heavy atom. The zero-order valence-electron chi connectivity index (χ0n) is 16.6. The van der Waals surface area contributed by atoms with Crippen LogP contribution in [0.4, 0.5) is 11.5 Å². The van der Waals surface area contributed by atoms with E-state index in [2.05, 4.69) is 35.5 Å². The lowest BCUT2D eigenvalue weighted by Gasteiger charge is -2.32. The van der Waals surface area contributed by atoms with Crippen molar-refractivity contribution in [3.05, 3.63) is 40.6 Å². The van der Waals surface area contributed by atoms with Gasteiger partial charge in [0.2, 0.25) is 0 Å². The van der Waals surface area contributed by atoms with Crippen molar-refractivity contribution in [1.82, 2.24) is 9.78 Å². The molecule has 0 spiro atoms. The number of aryl methyl sites for hydroxylation is 3. The summed E-state index contributed by atoms with van der Waals surface area (Å²) in [5.41, 5.74) is 17.2. The summed E-state index contributed by atoms with van der Waals surface area (Å²) >= 11 is 0. The number of fused-ring (bicyclic) bond motifs is 2. The molecule has 6 nitrogen and oxygen atoms in total. The van der Waals surface area contributed by atoms with Crippen LogP contribution in [0.2, 0.25) is 0 Å². The molecule has 1 aliphatic carbocycles. The van der Waals surface area contributed by atoms with Crippen LogP contribution in [-0.2, 0) is 36.5 Å². The summed E-state index contributed by atoms with van der Waals surface area (Å²) in [5, 5.41) is 7.67. The zero-order valence-corrected chi connectivity index (χ0v) is 16.6. The molecule has 27 heavy (non-hydrogen) atoms. The van der Waals surface area contributed by atoms with Crippen LogP contribution in [0, 0.1) is 0 Å². The van der Waals surface area contributed by atoms with Gasteiger partial charge in [0.05, 0.1) is 11.1 Å². The molecule has 6 heteroatoms. The Morgan fingerprint density at radius 2 is 2.22 bits per heavy atom. The predicted octanol–water partition coefficient (Wildman–Crippen LogP) is 2.34. The Labute approximate surface area is 161 Å². The number of hydrogen-bond donors (Lipinski definition) is 3. The Morgan fingerprint density at radius 1 is 1.44 bits per heavy atom. The third kappa shape index (κ3) is 3.86. The van der Waals surface area contributed by atoms with E-state index in [9.17, 15) is 4.79 Å². The number of hydrogen-bond acceptors (Lipinski definition) is 5. The highest BCUT2D eigenvalue weighted by molar-refractivity contribution is 5.75. The minimum Gasteiger partial charge on any atom is -0.385 e. The summed E-state index contributed by atoms with van der Waals surface area (Å²) < 4.78 is 1.74. The number of nitrogens with two attached hydrogens (primary N) is 2. The normalized spacial score (nSPS) is 23.3. The van der Waals surface area contributed by atoms with Crippen molar-refractivity contribution in [3.63, 3.8) is 0 Å². The van der Waals surface area contributed by atoms with Gasteiger partial charge in [0.25, 0.3) is 0 Å². The van der Waals surface area contributed by atoms with Crippen LogP contribution >= 0.6 is 0 Å². The standard InChI is InChI=1S/C13H17NO.C8H14N4/c1-3-10-4-5-12-11(8-10)13(2,9-15)6-7-14-12;1-12-8(10)6-4-5(9)2-3-7(6)11-12/h4-5,8-9,14H,3,6-7H2,1-2H3;5H,2-4,9-10H2,1H3. The van der Waals surface area contributed by atoms with Crippen molar-refractivity contribution >= 4 is 17.8 Å². The number of carbonyl (C=O) groups excluding carboxylic acids is 1. The molecular formula is C21H31N5O. The lowest BCUT2D eigenvalue weighted by Crippen LogP contribution is -2.32. The molecule has 146 valence electrons. The third-order valence-corrected chi connectivity index (χ3v) is 5.82. The molecule has 0 saturated heterocycles. The molecule has 0 fully saturated rings.